The molecule has 1 atom stereocenters. The van der Waals surface area contributed by atoms with Crippen LogP contribution in [-0.4, -0.2) is 38.9 Å². The summed E-state index contributed by atoms with van der Waals surface area (Å²) in [7, 11) is 0. The molecule has 1 N–H and O–H groups in total. The van der Waals surface area contributed by atoms with Gasteiger partial charge in [-0.15, -0.1) is 0 Å². The Morgan fingerprint density at radius 1 is 1.45 bits per heavy atom. The van der Waals surface area contributed by atoms with Gasteiger partial charge in [-0.2, -0.15) is 5.10 Å². The summed E-state index contributed by atoms with van der Waals surface area (Å²) in [6.07, 6.45) is 4.35. The fourth-order valence-corrected chi connectivity index (χ4v) is 2.54. The molecule has 0 aromatic carbocycles. The second-order valence-electron chi connectivity index (χ2n) is 4.71. The van der Waals surface area contributed by atoms with Crippen molar-refractivity contribution >= 4 is 23.4 Å². The second-order valence-corrected chi connectivity index (χ2v) is 5.15. The van der Waals surface area contributed by atoms with Crippen LogP contribution >= 0.6 is 11.6 Å². The molecular weight excluding hydrogens is 280 g/mol. The largest absolute Gasteiger partial charge is 0.477 e. The summed E-state index contributed by atoms with van der Waals surface area (Å²) in [5.41, 5.74) is 0.0630. The summed E-state index contributed by atoms with van der Waals surface area (Å²) < 4.78 is 1.85. The molecule has 7 heteroatoms. The van der Waals surface area contributed by atoms with E-state index in [2.05, 4.69) is 15.0 Å². The van der Waals surface area contributed by atoms with Gasteiger partial charge in [0, 0.05) is 19.3 Å². The molecule has 3 rings (SSSR count). The zero-order valence-electron chi connectivity index (χ0n) is 10.6. The second kappa shape index (κ2) is 5.13. The first-order chi connectivity index (χ1) is 9.63. The lowest BCUT2D eigenvalue weighted by Gasteiger charge is -2.17. The Balaban J connectivity index is 1.77. The fraction of sp³-hybridized carbons (Fsp3) is 0.308. The number of carbonyl (C=O) groups is 1. The van der Waals surface area contributed by atoms with Crippen molar-refractivity contribution in [2.24, 2.45) is 0 Å². The Morgan fingerprint density at radius 3 is 3.00 bits per heavy atom. The van der Waals surface area contributed by atoms with E-state index in [4.69, 9.17) is 16.7 Å². The number of halogens is 1. The Labute approximate surface area is 120 Å². The SMILES string of the molecule is O=C(O)c1cccc(N2CCC(n3cc(Cl)cn3)C2)n1. The molecule has 2 aromatic heterocycles. The Bertz CT molecular complexity index is 643. The molecule has 3 heterocycles. The molecule has 1 aliphatic rings. The average Bonchev–Trinajstić information content (AvgIpc) is 3.07. The molecule has 1 unspecified atom stereocenters. The lowest BCUT2D eigenvalue weighted by molar-refractivity contribution is 0.0690. The molecule has 104 valence electrons. The van der Waals surface area contributed by atoms with Crippen molar-refractivity contribution < 1.29 is 9.90 Å². The molecule has 1 aliphatic heterocycles. The van der Waals surface area contributed by atoms with E-state index < -0.39 is 5.97 Å². The Morgan fingerprint density at radius 2 is 2.30 bits per heavy atom. The molecule has 0 amide bonds. The number of hydrogen-bond acceptors (Lipinski definition) is 4. The number of aromatic nitrogens is 3. The van der Waals surface area contributed by atoms with Gasteiger partial charge in [-0.3, -0.25) is 4.68 Å². The summed E-state index contributed by atoms with van der Waals surface area (Å²) in [5, 5.41) is 13.8. The van der Waals surface area contributed by atoms with Crippen LogP contribution in [0.4, 0.5) is 5.82 Å². The third kappa shape index (κ3) is 2.46. The smallest absolute Gasteiger partial charge is 0.354 e. The van der Waals surface area contributed by atoms with Gasteiger partial charge >= 0.3 is 5.97 Å². The Hall–Kier alpha value is -2.08. The van der Waals surface area contributed by atoms with E-state index >= 15 is 0 Å². The lowest BCUT2D eigenvalue weighted by atomic mass is 10.3. The van der Waals surface area contributed by atoms with Gasteiger partial charge in [0.25, 0.3) is 0 Å². The lowest BCUT2D eigenvalue weighted by Crippen LogP contribution is -2.22. The van der Waals surface area contributed by atoms with E-state index in [0.717, 1.165) is 19.5 Å². The van der Waals surface area contributed by atoms with E-state index in [-0.39, 0.29) is 11.7 Å². The highest BCUT2D eigenvalue weighted by atomic mass is 35.5. The Kier molecular flexibility index (Phi) is 3.31. The number of carboxylic acids is 1. The maximum absolute atomic E-state index is 10.9. The maximum atomic E-state index is 10.9. The van der Waals surface area contributed by atoms with Gasteiger partial charge in [0.15, 0.2) is 5.69 Å². The maximum Gasteiger partial charge on any atom is 0.354 e. The van der Waals surface area contributed by atoms with E-state index in [0.29, 0.717) is 10.8 Å². The molecule has 1 saturated heterocycles. The highest BCUT2D eigenvalue weighted by Crippen LogP contribution is 2.26. The summed E-state index contributed by atoms with van der Waals surface area (Å²) in [4.78, 5) is 17.2. The summed E-state index contributed by atoms with van der Waals surface area (Å²) in [6, 6.07) is 5.26. The third-order valence-corrected chi connectivity index (χ3v) is 3.58. The topological polar surface area (TPSA) is 71.2 Å². The molecule has 6 nitrogen and oxygen atoms in total. The first-order valence-electron chi connectivity index (χ1n) is 6.28. The van der Waals surface area contributed by atoms with E-state index in [1.54, 1.807) is 18.5 Å². The fourth-order valence-electron chi connectivity index (χ4n) is 2.40. The summed E-state index contributed by atoms with van der Waals surface area (Å²) in [6.45, 7) is 1.56. The molecule has 0 aliphatic carbocycles. The van der Waals surface area contributed by atoms with E-state index in [9.17, 15) is 4.79 Å². The molecule has 1 fully saturated rings. The minimum Gasteiger partial charge on any atom is -0.477 e. The zero-order valence-corrected chi connectivity index (χ0v) is 11.4. The van der Waals surface area contributed by atoms with Gasteiger partial charge in [-0.25, -0.2) is 9.78 Å². The monoisotopic (exact) mass is 292 g/mol. The van der Waals surface area contributed by atoms with Gasteiger partial charge in [-0.1, -0.05) is 17.7 Å². The number of rotatable bonds is 3. The van der Waals surface area contributed by atoms with Crippen molar-refractivity contribution in [2.45, 2.75) is 12.5 Å². The van der Waals surface area contributed by atoms with Gasteiger partial charge in [-0.05, 0) is 18.6 Å². The van der Waals surface area contributed by atoms with Crippen molar-refractivity contribution in [1.82, 2.24) is 14.8 Å². The van der Waals surface area contributed by atoms with Crippen molar-refractivity contribution in [3.8, 4) is 0 Å². The van der Waals surface area contributed by atoms with E-state index in [1.165, 1.54) is 6.07 Å². The predicted octanol–water partition coefficient (Wildman–Crippen LogP) is 2.08. The molecule has 20 heavy (non-hydrogen) atoms. The van der Waals surface area contributed by atoms with Crippen molar-refractivity contribution in [3.63, 3.8) is 0 Å². The number of pyridine rings is 1. The van der Waals surface area contributed by atoms with Gasteiger partial charge in [0.2, 0.25) is 0 Å². The minimum absolute atomic E-state index is 0.0630. The zero-order chi connectivity index (χ0) is 14.1. The molecule has 2 aromatic rings. The van der Waals surface area contributed by atoms with Crippen LogP contribution in [0.15, 0.2) is 30.6 Å². The minimum atomic E-state index is -1.01. The summed E-state index contributed by atoms with van der Waals surface area (Å²) >= 11 is 5.87. The standard InChI is InChI=1S/C13H13ClN4O2/c14-9-6-15-18(7-9)10-4-5-17(8-10)12-3-1-2-11(16-12)13(19)20/h1-3,6-7,10H,4-5,8H2,(H,19,20). The average molecular weight is 293 g/mol. The van der Waals surface area contributed by atoms with Gasteiger partial charge < -0.3 is 10.0 Å². The van der Waals surface area contributed by atoms with Crippen molar-refractivity contribution in [3.05, 3.63) is 41.3 Å². The molecular formula is C13H13ClN4O2. The van der Waals surface area contributed by atoms with Crippen LogP contribution < -0.4 is 4.90 Å². The molecule has 0 bridgehead atoms. The first-order valence-corrected chi connectivity index (χ1v) is 6.66. The van der Waals surface area contributed by atoms with Crippen molar-refractivity contribution in [2.75, 3.05) is 18.0 Å². The predicted molar refractivity (Wildman–Crippen MR) is 74.3 cm³/mol. The van der Waals surface area contributed by atoms with Crippen LogP contribution in [0.1, 0.15) is 23.0 Å². The number of aromatic carboxylic acids is 1. The van der Waals surface area contributed by atoms with Crippen LogP contribution in [-0.2, 0) is 0 Å². The molecule has 0 radical (unpaired) electrons. The number of nitrogens with zero attached hydrogens (tertiary/aromatic N) is 4. The van der Waals surface area contributed by atoms with Crippen molar-refractivity contribution in [1.29, 1.82) is 0 Å². The van der Waals surface area contributed by atoms with Gasteiger partial charge in [0.1, 0.15) is 5.82 Å². The third-order valence-electron chi connectivity index (χ3n) is 3.38. The molecule has 0 saturated carbocycles. The van der Waals surface area contributed by atoms with Crippen LogP contribution in [0, 0.1) is 0 Å². The number of carboxylic acid groups (broad SMARTS) is 1. The van der Waals surface area contributed by atoms with Crippen LogP contribution in [0.5, 0.6) is 0 Å². The highest BCUT2D eigenvalue weighted by Gasteiger charge is 2.25. The van der Waals surface area contributed by atoms with Crippen LogP contribution in [0.25, 0.3) is 0 Å². The highest BCUT2D eigenvalue weighted by molar-refractivity contribution is 6.30. The summed E-state index contributed by atoms with van der Waals surface area (Å²) in [5.74, 6) is -0.327. The number of anilines is 1. The van der Waals surface area contributed by atoms with Crippen LogP contribution in [0.2, 0.25) is 5.02 Å². The quantitative estimate of drug-likeness (QED) is 0.938. The molecule has 0 spiro atoms. The van der Waals surface area contributed by atoms with Crippen LogP contribution in [0.3, 0.4) is 0 Å². The first kappa shape index (κ1) is 12.9. The van der Waals surface area contributed by atoms with E-state index in [1.807, 2.05) is 10.7 Å². The number of hydrogen-bond donors (Lipinski definition) is 1. The normalized spacial score (nSPS) is 18.4. The van der Waals surface area contributed by atoms with Gasteiger partial charge in [0.05, 0.1) is 17.3 Å².